The molecule has 23 heavy (non-hydrogen) atoms. The Morgan fingerprint density at radius 2 is 1.61 bits per heavy atom. The summed E-state index contributed by atoms with van der Waals surface area (Å²) in [5.74, 6) is 0. The fraction of sp³-hybridized carbons (Fsp3) is 0.529. The van der Waals surface area contributed by atoms with E-state index in [4.69, 9.17) is 9.47 Å². The van der Waals surface area contributed by atoms with E-state index in [0.29, 0.717) is 0 Å². The van der Waals surface area contributed by atoms with Crippen LogP contribution in [0, 0.1) is 0 Å². The van der Waals surface area contributed by atoms with Gasteiger partial charge in [-0.05, 0) is 40.2 Å². The first-order valence-corrected chi connectivity index (χ1v) is 7.53. The number of alkyl carbamates (subject to hydrolysis) is 2. The highest BCUT2D eigenvalue weighted by Gasteiger charge is 2.24. The molecular formula is C17H26N2O4. The lowest BCUT2D eigenvalue weighted by molar-refractivity contribution is 0.0510. The van der Waals surface area contributed by atoms with Crippen molar-refractivity contribution in [1.82, 2.24) is 10.6 Å². The van der Waals surface area contributed by atoms with Crippen molar-refractivity contribution in [3.8, 4) is 0 Å². The summed E-state index contributed by atoms with van der Waals surface area (Å²) in [7, 11) is 0. The molecule has 0 aliphatic rings. The number of nitrogens with one attached hydrogen (secondary N) is 2. The van der Waals surface area contributed by atoms with Crippen molar-refractivity contribution < 1.29 is 19.1 Å². The van der Waals surface area contributed by atoms with Crippen molar-refractivity contribution in [2.45, 2.75) is 52.4 Å². The number of carbonyl (C=O) groups is 2. The molecule has 0 radical (unpaired) electrons. The summed E-state index contributed by atoms with van der Waals surface area (Å²) in [6.07, 6.45) is -1.06. The first-order valence-electron chi connectivity index (χ1n) is 7.53. The fourth-order valence-electron chi connectivity index (χ4n) is 1.69. The first kappa shape index (κ1) is 18.8. The number of hydrogen-bond acceptors (Lipinski definition) is 4. The van der Waals surface area contributed by atoms with Gasteiger partial charge >= 0.3 is 12.2 Å². The molecule has 6 heteroatoms. The van der Waals surface area contributed by atoms with Crippen LogP contribution in [-0.4, -0.2) is 29.9 Å². The Morgan fingerprint density at radius 3 is 2.17 bits per heavy atom. The second-order valence-electron chi connectivity index (χ2n) is 6.93. The predicted molar refractivity (Wildman–Crippen MR) is 88.1 cm³/mol. The second kappa shape index (κ2) is 7.85. The molecule has 2 amide bonds. The highest BCUT2D eigenvalue weighted by Crippen LogP contribution is 2.08. The second-order valence-corrected chi connectivity index (χ2v) is 6.93. The number of rotatable bonds is 5. The summed E-state index contributed by atoms with van der Waals surface area (Å²) in [6.45, 7) is 9.36. The summed E-state index contributed by atoms with van der Waals surface area (Å²) >= 11 is 0. The highest BCUT2D eigenvalue weighted by molar-refractivity contribution is 5.69. The van der Waals surface area contributed by atoms with Gasteiger partial charge in [0.25, 0.3) is 0 Å². The van der Waals surface area contributed by atoms with Crippen LogP contribution in [-0.2, 0) is 16.1 Å². The maximum Gasteiger partial charge on any atom is 0.407 e. The van der Waals surface area contributed by atoms with Crippen LogP contribution < -0.4 is 10.6 Å². The molecule has 2 N–H and O–H groups in total. The molecule has 1 aromatic rings. The van der Waals surface area contributed by atoms with Gasteiger partial charge in [-0.2, -0.15) is 0 Å². The highest BCUT2D eigenvalue weighted by atomic mass is 16.6. The van der Waals surface area contributed by atoms with Crippen molar-refractivity contribution in [2.24, 2.45) is 0 Å². The average Bonchev–Trinajstić information content (AvgIpc) is 2.42. The van der Waals surface area contributed by atoms with E-state index in [-0.39, 0.29) is 13.2 Å². The lowest BCUT2D eigenvalue weighted by Crippen LogP contribution is -2.52. The number of carbonyl (C=O) groups excluding carboxylic acids is 2. The minimum absolute atomic E-state index is 0.197. The monoisotopic (exact) mass is 322 g/mol. The maximum absolute atomic E-state index is 11.8. The van der Waals surface area contributed by atoms with Crippen molar-refractivity contribution >= 4 is 12.2 Å². The van der Waals surface area contributed by atoms with E-state index in [1.807, 2.05) is 30.3 Å². The van der Waals surface area contributed by atoms with Crippen LogP contribution in [0.4, 0.5) is 9.59 Å². The topological polar surface area (TPSA) is 76.7 Å². The van der Waals surface area contributed by atoms with Crippen molar-refractivity contribution in [3.05, 3.63) is 35.9 Å². The predicted octanol–water partition coefficient (Wildman–Crippen LogP) is 3.22. The molecule has 0 fully saturated rings. The van der Waals surface area contributed by atoms with Crippen LogP contribution in [0.15, 0.2) is 30.3 Å². The van der Waals surface area contributed by atoms with Gasteiger partial charge in [-0.1, -0.05) is 30.3 Å². The van der Waals surface area contributed by atoms with Gasteiger partial charge in [-0.3, -0.25) is 0 Å². The van der Waals surface area contributed by atoms with Gasteiger partial charge in [0, 0.05) is 6.54 Å². The number of benzene rings is 1. The summed E-state index contributed by atoms with van der Waals surface area (Å²) < 4.78 is 10.3. The molecule has 0 saturated heterocycles. The maximum atomic E-state index is 11.8. The molecule has 0 aromatic heterocycles. The van der Waals surface area contributed by atoms with Gasteiger partial charge in [-0.25, -0.2) is 9.59 Å². The summed E-state index contributed by atoms with van der Waals surface area (Å²) in [4.78, 5) is 23.5. The molecule has 0 atom stereocenters. The first-order chi connectivity index (χ1) is 10.6. The van der Waals surface area contributed by atoms with E-state index in [1.54, 1.807) is 34.6 Å². The average molecular weight is 322 g/mol. The van der Waals surface area contributed by atoms with E-state index >= 15 is 0 Å². The zero-order valence-electron chi connectivity index (χ0n) is 14.4. The molecule has 0 bridgehead atoms. The molecule has 6 nitrogen and oxygen atoms in total. The van der Waals surface area contributed by atoms with E-state index in [9.17, 15) is 9.59 Å². The Balaban J connectivity index is 2.36. The van der Waals surface area contributed by atoms with Crippen LogP contribution in [0.1, 0.15) is 40.2 Å². The third-order valence-electron chi connectivity index (χ3n) is 2.73. The minimum Gasteiger partial charge on any atom is -0.445 e. The smallest absolute Gasteiger partial charge is 0.407 e. The molecule has 0 spiro atoms. The molecule has 128 valence electrons. The summed E-state index contributed by atoms with van der Waals surface area (Å²) in [5, 5.41) is 5.34. The zero-order valence-corrected chi connectivity index (χ0v) is 14.4. The van der Waals surface area contributed by atoms with Crippen molar-refractivity contribution in [2.75, 3.05) is 6.54 Å². The Hall–Kier alpha value is -2.24. The quantitative estimate of drug-likeness (QED) is 0.872. The van der Waals surface area contributed by atoms with Crippen molar-refractivity contribution in [3.63, 3.8) is 0 Å². The third-order valence-corrected chi connectivity index (χ3v) is 2.73. The number of amides is 2. The Kier molecular flexibility index (Phi) is 6.42. The largest absolute Gasteiger partial charge is 0.445 e. The zero-order chi connectivity index (χ0) is 17.5. The molecular weight excluding hydrogens is 296 g/mol. The number of hydrogen-bond donors (Lipinski definition) is 2. The Bertz CT molecular complexity index is 521. The van der Waals surface area contributed by atoms with Crippen LogP contribution in [0.5, 0.6) is 0 Å². The minimum atomic E-state index is -0.662. The third kappa shape index (κ3) is 8.70. The SMILES string of the molecule is CC(C)(CNC(=O)OC(C)(C)C)NC(=O)OCc1ccccc1. The summed E-state index contributed by atoms with van der Waals surface area (Å²) in [5.41, 5.74) is -0.312. The van der Waals surface area contributed by atoms with E-state index in [2.05, 4.69) is 10.6 Å². The van der Waals surface area contributed by atoms with Crippen LogP contribution >= 0.6 is 0 Å². The number of ether oxygens (including phenoxy) is 2. The Labute approximate surface area is 137 Å². The molecule has 1 rings (SSSR count). The van der Waals surface area contributed by atoms with E-state index in [1.165, 1.54) is 0 Å². The van der Waals surface area contributed by atoms with Gasteiger partial charge < -0.3 is 20.1 Å². The fourth-order valence-corrected chi connectivity index (χ4v) is 1.69. The van der Waals surface area contributed by atoms with Crippen LogP contribution in [0.3, 0.4) is 0 Å². The normalized spacial score (nSPS) is 11.5. The molecule has 0 saturated carbocycles. The van der Waals surface area contributed by atoms with Crippen LogP contribution in [0.2, 0.25) is 0 Å². The lowest BCUT2D eigenvalue weighted by atomic mass is 10.1. The van der Waals surface area contributed by atoms with Gasteiger partial charge in [0.05, 0.1) is 5.54 Å². The van der Waals surface area contributed by atoms with Crippen molar-refractivity contribution in [1.29, 1.82) is 0 Å². The lowest BCUT2D eigenvalue weighted by Gasteiger charge is -2.27. The molecule has 0 aliphatic carbocycles. The molecule has 0 unspecified atom stereocenters. The van der Waals surface area contributed by atoms with Gasteiger partial charge in [-0.15, -0.1) is 0 Å². The van der Waals surface area contributed by atoms with Gasteiger partial charge in [0.2, 0.25) is 0 Å². The Morgan fingerprint density at radius 1 is 1.00 bits per heavy atom. The van der Waals surface area contributed by atoms with Crippen LogP contribution in [0.25, 0.3) is 0 Å². The van der Waals surface area contributed by atoms with E-state index in [0.717, 1.165) is 5.56 Å². The van der Waals surface area contributed by atoms with Gasteiger partial charge in [0.15, 0.2) is 0 Å². The van der Waals surface area contributed by atoms with E-state index < -0.39 is 23.3 Å². The summed E-state index contributed by atoms with van der Waals surface area (Å²) in [6, 6.07) is 9.41. The molecule has 0 aliphatic heterocycles. The standard InChI is InChI=1S/C17H26N2O4/c1-16(2,3)23-14(20)18-12-17(4,5)19-15(21)22-11-13-9-7-6-8-10-13/h6-10H,11-12H2,1-5H3,(H,18,20)(H,19,21). The molecule has 0 heterocycles. The molecule has 1 aromatic carbocycles. The van der Waals surface area contributed by atoms with Gasteiger partial charge in [0.1, 0.15) is 12.2 Å².